The van der Waals surface area contributed by atoms with Crippen molar-refractivity contribution in [2.45, 2.75) is 13.2 Å². The summed E-state index contributed by atoms with van der Waals surface area (Å²) in [7, 11) is 1.60. The molecule has 0 aliphatic carbocycles. The number of ether oxygens (including phenoxy) is 2. The molecule has 0 radical (unpaired) electrons. The zero-order valence-corrected chi connectivity index (χ0v) is 20.7. The summed E-state index contributed by atoms with van der Waals surface area (Å²) in [6, 6.07) is 20.5. The van der Waals surface area contributed by atoms with Gasteiger partial charge in [0.2, 0.25) is 0 Å². The van der Waals surface area contributed by atoms with Crippen LogP contribution in [0.5, 0.6) is 11.5 Å². The van der Waals surface area contributed by atoms with Gasteiger partial charge in [-0.3, -0.25) is 9.69 Å². The molecular formula is C25H19Cl2NO3S2. The van der Waals surface area contributed by atoms with E-state index in [0.717, 1.165) is 16.7 Å². The van der Waals surface area contributed by atoms with Crippen LogP contribution in [-0.2, 0) is 17.9 Å². The molecule has 1 aliphatic heterocycles. The molecule has 0 unspecified atom stereocenters. The molecule has 0 atom stereocenters. The van der Waals surface area contributed by atoms with Gasteiger partial charge in [-0.1, -0.05) is 83.6 Å². The maximum absolute atomic E-state index is 13.0. The first-order valence-electron chi connectivity index (χ1n) is 9.98. The molecule has 0 N–H and O–H groups in total. The lowest BCUT2D eigenvalue weighted by atomic mass is 10.1. The SMILES string of the molecule is COc1ccc(/C=C2/SC(=S)N(Cc3ccccc3)C2=O)cc1COc1ccc(Cl)cc1Cl. The normalized spacial score (nSPS) is 14.8. The zero-order valence-electron chi connectivity index (χ0n) is 17.6. The Hall–Kier alpha value is -2.51. The van der Waals surface area contributed by atoms with E-state index in [0.29, 0.717) is 37.3 Å². The maximum Gasteiger partial charge on any atom is 0.266 e. The molecule has 1 amide bonds. The molecule has 33 heavy (non-hydrogen) atoms. The lowest BCUT2D eigenvalue weighted by molar-refractivity contribution is -0.122. The highest BCUT2D eigenvalue weighted by Crippen LogP contribution is 2.35. The number of thioether (sulfide) groups is 1. The van der Waals surface area contributed by atoms with E-state index in [2.05, 4.69) is 0 Å². The molecule has 8 heteroatoms. The van der Waals surface area contributed by atoms with Gasteiger partial charge >= 0.3 is 0 Å². The number of thiocarbonyl (C=S) groups is 1. The predicted molar refractivity (Wildman–Crippen MR) is 139 cm³/mol. The molecular weight excluding hydrogens is 497 g/mol. The summed E-state index contributed by atoms with van der Waals surface area (Å²) in [5, 5.41) is 0.969. The monoisotopic (exact) mass is 515 g/mol. The Morgan fingerprint density at radius 3 is 2.52 bits per heavy atom. The van der Waals surface area contributed by atoms with Gasteiger partial charge in [0.05, 0.1) is 23.6 Å². The summed E-state index contributed by atoms with van der Waals surface area (Å²) in [5.41, 5.74) is 2.69. The van der Waals surface area contributed by atoms with Gasteiger partial charge in [-0.05, 0) is 47.5 Å². The fraction of sp³-hybridized carbons (Fsp3) is 0.120. The number of carbonyl (C=O) groups is 1. The van der Waals surface area contributed by atoms with E-state index in [-0.39, 0.29) is 12.5 Å². The van der Waals surface area contributed by atoms with Gasteiger partial charge in [-0.2, -0.15) is 0 Å². The number of amides is 1. The molecule has 0 aromatic heterocycles. The summed E-state index contributed by atoms with van der Waals surface area (Å²) in [4.78, 5) is 15.2. The van der Waals surface area contributed by atoms with Gasteiger partial charge in [0.1, 0.15) is 22.4 Å². The predicted octanol–water partition coefficient (Wildman–Crippen LogP) is 6.98. The second-order valence-electron chi connectivity index (χ2n) is 7.19. The molecule has 1 heterocycles. The van der Waals surface area contributed by atoms with E-state index in [1.807, 2.05) is 54.6 Å². The van der Waals surface area contributed by atoms with E-state index < -0.39 is 0 Å². The van der Waals surface area contributed by atoms with Crippen molar-refractivity contribution >= 4 is 63.5 Å². The first-order valence-corrected chi connectivity index (χ1v) is 12.0. The number of hydrogen-bond acceptors (Lipinski definition) is 5. The standard InChI is InChI=1S/C25H19Cl2NO3S2/c1-30-21-9-7-17(11-18(21)15-31-22-10-8-19(26)13-20(22)27)12-23-24(29)28(25(32)33-23)14-16-5-3-2-4-6-16/h2-13H,14-15H2,1H3/b23-12+. The number of rotatable bonds is 7. The summed E-state index contributed by atoms with van der Waals surface area (Å²) < 4.78 is 11.9. The second kappa shape index (κ2) is 10.6. The van der Waals surface area contributed by atoms with E-state index >= 15 is 0 Å². The highest BCUT2D eigenvalue weighted by molar-refractivity contribution is 8.26. The largest absolute Gasteiger partial charge is 0.496 e. The zero-order chi connectivity index (χ0) is 23.4. The molecule has 3 aromatic carbocycles. The third kappa shape index (κ3) is 5.71. The van der Waals surface area contributed by atoms with Crippen molar-refractivity contribution in [2.75, 3.05) is 7.11 Å². The molecule has 4 rings (SSSR count). The molecule has 0 spiro atoms. The average Bonchev–Trinajstić information content (AvgIpc) is 3.06. The van der Waals surface area contributed by atoms with Crippen LogP contribution in [0.15, 0.2) is 71.6 Å². The Labute approximate surface area is 212 Å². The fourth-order valence-electron chi connectivity index (χ4n) is 3.30. The Kier molecular flexibility index (Phi) is 7.60. The minimum atomic E-state index is -0.101. The third-order valence-corrected chi connectivity index (χ3v) is 6.84. The van der Waals surface area contributed by atoms with Gasteiger partial charge in [-0.25, -0.2) is 0 Å². The van der Waals surface area contributed by atoms with Crippen molar-refractivity contribution in [3.63, 3.8) is 0 Å². The molecule has 1 fully saturated rings. The topological polar surface area (TPSA) is 38.8 Å². The van der Waals surface area contributed by atoms with Crippen LogP contribution < -0.4 is 9.47 Å². The molecule has 1 aliphatic rings. The van der Waals surface area contributed by atoms with E-state index in [1.165, 1.54) is 11.8 Å². The summed E-state index contributed by atoms with van der Waals surface area (Å²) >= 11 is 18.9. The van der Waals surface area contributed by atoms with Crippen LogP contribution in [0.25, 0.3) is 6.08 Å². The molecule has 168 valence electrons. The molecule has 0 bridgehead atoms. The van der Waals surface area contributed by atoms with E-state index in [4.69, 9.17) is 44.9 Å². The summed E-state index contributed by atoms with van der Waals surface area (Å²) in [6.07, 6.45) is 1.84. The third-order valence-electron chi connectivity index (χ3n) is 4.94. The van der Waals surface area contributed by atoms with Crippen molar-refractivity contribution in [1.29, 1.82) is 0 Å². The van der Waals surface area contributed by atoms with Crippen LogP contribution in [0.3, 0.4) is 0 Å². The van der Waals surface area contributed by atoms with E-state index in [1.54, 1.807) is 30.2 Å². The summed E-state index contributed by atoms with van der Waals surface area (Å²) in [6.45, 7) is 0.688. The van der Waals surface area contributed by atoms with Crippen molar-refractivity contribution in [2.24, 2.45) is 0 Å². The lowest BCUT2D eigenvalue weighted by Crippen LogP contribution is -2.27. The highest BCUT2D eigenvalue weighted by Gasteiger charge is 2.32. The number of halogens is 2. The van der Waals surface area contributed by atoms with Gasteiger partial charge in [-0.15, -0.1) is 0 Å². The van der Waals surface area contributed by atoms with Crippen molar-refractivity contribution < 1.29 is 14.3 Å². The van der Waals surface area contributed by atoms with Crippen LogP contribution in [0.2, 0.25) is 10.0 Å². The van der Waals surface area contributed by atoms with Crippen LogP contribution in [0.1, 0.15) is 16.7 Å². The van der Waals surface area contributed by atoms with E-state index in [9.17, 15) is 4.79 Å². The smallest absolute Gasteiger partial charge is 0.266 e. The minimum Gasteiger partial charge on any atom is -0.496 e. The highest BCUT2D eigenvalue weighted by atomic mass is 35.5. The minimum absolute atomic E-state index is 0.101. The van der Waals surface area contributed by atoms with Gasteiger partial charge < -0.3 is 9.47 Å². The quantitative estimate of drug-likeness (QED) is 0.250. The van der Waals surface area contributed by atoms with Crippen molar-refractivity contribution in [3.05, 3.63) is 98.4 Å². The van der Waals surface area contributed by atoms with Crippen LogP contribution in [0.4, 0.5) is 0 Å². The first-order chi connectivity index (χ1) is 15.9. The molecule has 1 saturated heterocycles. The maximum atomic E-state index is 13.0. The van der Waals surface area contributed by atoms with Crippen LogP contribution in [0, 0.1) is 0 Å². The van der Waals surface area contributed by atoms with Crippen LogP contribution in [-0.4, -0.2) is 22.2 Å². The Morgan fingerprint density at radius 1 is 1.03 bits per heavy atom. The fourth-order valence-corrected chi connectivity index (χ4v) is 5.02. The number of nitrogens with zero attached hydrogens (tertiary/aromatic N) is 1. The van der Waals surface area contributed by atoms with Gasteiger partial charge in [0, 0.05) is 10.6 Å². The Morgan fingerprint density at radius 2 is 1.79 bits per heavy atom. The number of benzene rings is 3. The number of methoxy groups -OCH3 is 1. The van der Waals surface area contributed by atoms with Crippen molar-refractivity contribution in [1.82, 2.24) is 4.90 Å². The average molecular weight is 516 g/mol. The molecule has 0 saturated carbocycles. The molecule has 4 nitrogen and oxygen atoms in total. The Balaban J connectivity index is 1.53. The lowest BCUT2D eigenvalue weighted by Gasteiger charge is -2.14. The number of carbonyl (C=O) groups excluding carboxylic acids is 1. The second-order valence-corrected chi connectivity index (χ2v) is 9.71. The first kappa shape index (κ1) is 23.6. The van der Waals surface area contributed by atoms with Gasteiger partial charge in [0.25, 0.3) is 5.91 Å². The van der Waals surface area contributed by atoms with Crippen molar-refractivity contribution in [3.8, 4) is 11.5 Å². The number of hydrogen-bond donors (Lipinski definition) is 0. The van der Waals surface area contributed by atoms with Crippen LogP contribution >= 0.6 is 47.2 Å². The van der Waals surface area contributed by atoms with Gasteiger partial charge in [0.15, 0.2) is 0 Å². The Bertz CT molecular complexity index is 1230. The summed E-state index contributed by atoms with van der Waals surface area (Å²) in [5.74, 6) is 1.10. The molecule has 3 aromatic rings.